The maximum absolute atomic E-state index is 4.15. The normalized spacial score (nSPS) is 10.7. The van der Waals surface area contributed by atoms with E-state index in [0.717, 1.165) is 11.5 Å². The van der Waals surface area contributed by atoms with Crippen LogP contribution in [0.1, 0.15) is 18.4 Å². The molecule has 0 N–H and O–H groups in total. The fraction of sp³-hybridized carbons (Fsp3) is 0.222. The molecule has 0 radical (unpaired) electrons. The van der Waals surface area contributed by atoms with E-state index in [9.17, 15) is 0 Å². The molecule has 0 aliphatic rings. The van der Waals surface area contributed by atoms with E-state index in [-0.39, 0.29) is 0 Å². The molecule has 58 valence electrons. The Kier molecular flexibility index (Phi) is 2.26. The lowest BCUT2D eigenvalue weighted by Crippen LogP contribution is -1.91. The van der Waals surface area contributed by atoms with Crippen molar-refractivity contribution in [2.24, 2.45) is 0 Å². The SMILES string of the molecule is C=Cc1cnc(C)n1/C=C\C. The van der Waals surface area contributed by atoms with Gasteiger partial charge >= 0.3 is 0 Å². The van der Waals surface area contributed by atoms with Crippen LogP contribution in [-0.4, -0.2) is 9.55 Å². The van der Waals surface area contributed by atoms with Gasteiger partial charge in [-0.15, -0.1) is 0 Å². The van der Waals surface area contributed by atoms with Crippen LogP contribution in [-0.2, 0) is 0 Å². The topological polar surface area (TPSA) is 17.8 Å². The van der Waals surface area contributed by atoms with E-state index in [1.807, 2.05) is 36.9 Å². The van der Waals surface area contributed by atoms with Crippen molar-refractivity contribution in [3.63, 3.8) is 0 Å². The molecule has 0 saturated heterocycles. The second kappa shape index (κ2) is 3.19. The van der Waals surface area contributed by atoms with E-state index in [4.69, 9.17) is 0 Å². The smallest absolute Gasteiger partial charge is 0.110 e. The quantitative estimate of drug-likeness (QED) is 0.629. The number of imidazole rings is 1. The van der Waals surface area contributed by atoms with Crippen LogP contribution >= 0.6 is 0 Å². The average Bonchev–Trinajstić information content (AvgIpc) is 2.34. The third-order valence-corrected chi connectivity index (χ3v) is 1.52. The molecule has 0 bridgehead atoms. The number of hydrogen-bond donors (Lipinski definition) is 0. The molecule has 0 amide bonds. The zero-order valence-electron chi connectivity index (χ0n) is 6.91. The average molecular weight is 148 g/mol. The van der Waals surface area contributed by atoms with Crippen molar-refractivity contribution in [1.82, 2.24) is 9.55 Å². The molecule has 11 heavy (non-hydrogen) atoms. The van der Waals surface area contributed by atoms with Gasteiger partial charge in [0.05, 0.1) is 11.9 Å². The molecule has 1 rings (SSSR count). The Bertz CT molecular complexity index is 282. The number of rotatable bonds is 2. The Balaban J connectivity index is 3.17. The highest BCUT2D eigenvalue weighted by Crippen LogP contribution is 2.05. The van der Waals surface area contributed by atoms with Crippen LogP contribution in [0.4, 0.5) is 0 Å². The first-order chi connectivity index (χ1) is 5.29. The molecule has 1 heterocycles. The predicted octanol–water partition coefficient (Wildman–Crippen LogP) is 2.33. The first-order valence-corrected chi connectivity index (χ1v) is 3.58. The standard InChI is InChI=1S/C9H12N2/c1-4-6-11-8(3)10-7-9(11)5-2/h4-7H,2H2,1,3H3/b6-4-. The highest BCUT2D eigenvalue weighted by atomic mass is 15.1. The number of nitrogens with zero attached hydrogens (tertiary/aromatic N) is 2. The Hall–Kier alpha value is -1.31. The summed E-state index contributed by atoms with van der Waals surface area (Å²) in [7, 11) is 0. The van der Waals surface area contributed by atoms with Gasteiger partial charge in [-0.2, -0.15) is 0 Å². The van der Waals surface area contributed by atoms with Crippen molar-refractivity contribution in [2.45, 2.75) is 13.8 Å². The molecule has 1 aromatic rings. The highest BCUT2D eigenvalue weighted by molar-refractivity contribution is 5.46. The Morgan fingerprint density at radius 3 is 2.91 bits per heavy atom. The minimum atomic E-state index is 0.984. The van der Waals surface area contributed by atoms with Crippen molar-refractivity contribution in [1.29, 1.82) is 0 Å². The van der Waals surface area contributed by atoms with Gasteiger partial charge in [-0.1, -0.05) is 12.7 Å². The van der Waals surface area contributed by atoms with Gasteiger partial charge in [-0.3, -0.25) is 0 Å². The largest absolute Gasteiger partial charge is 0.304 e. The molecule has 0 atom stereocenters. The number of allylic oxidation sites excluding steroid dienone is 1. The zero-order valence-corrected chi connectivity index (χ0v) is 6.91. The Labute approximate surface area is 66.9 Å². The van der Waals surface area contributed by atoms with Crippen molar-refractivity contribution < 1.29 is 0 Å². The molecule has 0 aliphatic heterocycles. The summed E-state index contributed by atoms with van der Waals surface area (Å²) < 4.78 is 1.99. The number of hydrogen-bond acceptors (Lipinski definition) is 1. The van der Waals surface area contributed by atoms with Gasteiger partial charge in [0, 0.05) is 6.20 Å². The van der Waals surface area contributed by atoms with E-state index in [1.165, 1.54) is 0 Å². The van der Waals surface area contributed by atoms with Crippen LogP contribution < -0.4 is 0 Å². The first kappa shape index (κ1) is 7.79. The summed E-state index contributed by atoms with van der Waals surface area (Å²) in [4.78, 5) is 4.15. The Morgan fingerprint density at radius 2 is 2.36 bits per heavy atom. The zero-order chi connectivity index (χ0) is 8.27. The third kappa shape index (κ3) is 1.40. The summed E-state index contributed by atoms with van der Waals surface area (Å²) in [5.41, 5.74) is 1.03. The summed E-state index contributed by atoms with van der Waals surface area (Å²) >= 11 is 0. The van der Waals surface area contributed by atoms with Gasteiger partial charge in [-0.25, -0.2) is 4.98 Å². The molecule has 0 aliphatic carbocycles. The van der Waals surface area contributed by atoms with E-state index in [0.29, 0.717) is 0 Å². The van der Waals surface area contributed by atoms with Crippen molar-refractivity contribution >= 4 is 12.3 Å². The van der Waals surface area contributed by atoms with E-state index < -0.39 is 0 Å². The van der Waals surface area contributed by atoms with Gasteiger partial charge in [0.15, 0.2) is 0 Å². The molecule has 1 aromatic heterocycles. The molecule has 0 unspecified atom stereocenters. The van der Waals surface area contributed by atoms with E-state index in [1.54, 1.807) is 6.08 Å². The summed E-state index contributed by atoms with van der Waals surface area (Å²) in [6.45, 7) is 7.64. The molecule has 2 nitrogen and oxygen atoms in total. The van der Waals surface area contributed by atoms with Crippen LogP contribution in [0.5, 0.6) is 0 Å². The van der Waals surface area contributed by atoms with Gasteiger partial charge in [0.1, 0.15) is 5.82 Å². The highest BCUT2D eigenvalue weighted by Gasteiger charge is 1.97. The first-order valence-electron chi connectivity index (χ1n) is 3.58. The fourth-order valence-electron chi connectivity index (χ4n) is 0.965. The summed E-state index contributed by atoms with van der Waals surface area (Å²) in [6, 6.07) is 0. The Morgan fingerprint density at radius 1 is 1.64 bits per heavy atom. The lowest BCUT2D eigenvalue weighted by Gasteiger charge is -1.98. The number of aryl methyl sites for hydroxylation is 1. The predicted molar refractivity (Wildman–Crippen MR) is 48.1 cm³/mol. The van der Waals surface area contributed by atoms with Gasteiger partial charge in [0.25, 0.3) is 0 Å². The van der Waals surface area contributed by atoms with Crippen molar-refractivity contribution in [3.05, 3.63) is 30.4 Å². The monoisotopic (exact) mass is 148 g/mol. The van der Waals surface area contributed by atoms with Crippen LogP contribution in [0.3, 0.4) is 0 Å². The summed E-state index contributed by atoms with van der Waals surface area (Å²) in [5.74, 6) is 0.984. The molecular weight excluding hydrogens is 136 g/mol. The van der Waals surface area contributed by atoms with Crippen molar-refractivity contribution in [2.75, 3.05) is 0 Å². The molecule has 0 fully saturated rings. The van der Waals surface area contributed by atoms with E-state index in [2.05, 4.69) is 11.6 Å². The summed E-state index contributed by atoms with van der Waals surface area (Å²) in [5, 5.41) is 0. The lowest BCUT2D eigenvalue weighted by atomic mass is 10.4. The van der Waals surface area contributed by atoms with Gasteiger partial charge in [-0.05, 0) is 19.9 Å². The van der Waals surface area contributed by atoms with Gasteiger partial charge in [0.2, 0.25) is 0 Å². The number of aromatic nitrogens is 2. The fourth-order valence-corrected chi connectivity index (χ4v) is 0.965. The minimum absolute atomic E-state index is 0.984. The minimum Gasteiger partial charge on any atom is -0.304 e. The van der Waals surface area contributed by atoms with Gasteiger partial charge < -0.3 is 4.57 Å². The third-order valence-electron chi connectivity index (χ3n) is 1.52. The lowest BCUT2D eigenvalue weighted by molar-refractivity contribution is 1.02. The molecule has 0 saturated carbocycles. The molecular formula is C9H12N2. The van der Waals surface area contributed by atoms with Crippen LogP contribution in [0, 0.1) is 6.92 Å². The second-order valence-electron chi connectivity index (χ2n) is 2.29. The second-order valence-corrected chi connectivity index (χ2v) is 2.29. The molecule has 2 heteroatoms. The van der Waals surface area contributed by atoms with Crippen molar-refractivity contribution in [3.8, 4) is 0 Å². The summed E-state index contributed by atoms with van der Waals surface area (Å²) in [6.07, 6.45) is 7.54. The molecule has 0 spiro atoms. The van der Waals surface area contributed by atoms with Crippen LogP contribution in [0.2, 0.25) is 0 Å². The maximum Gasteiger partial charge on any atom is 0.110 e. The van der Waals surface area contributed by atoms with E-state index >= 15 is 0 Å². The maximum atomic E-state index is 4.15. The molecule has 0 aromatic carbocycles. The van der Waals surface area contributed by atoms with Crippen LogP contribution in [0.15, 0.2) is 18.9 Å². The van der Waals surface area contributed by atoms with Crippen LogP contribution in [0.25, 0.3) is 12.3 Å².